The van der Waals surface area contributed by atoms with Crippen molar-refractivity contribution in [2.75, 3.05) is 13.1 Å². The minimum atomic E-state index is 0.0226. The van der Waals surface area contributed by atoms with Gasteiger partial charge in [0.15, 0.2) is 0 Å². The molecule has 29 heavy (non-hydrogen) atoms. The predicted octanol–water partition coefficient (Wildman–Crippen LogP) is 5.82. The van der Waals surface area contributed by atoms with E-state index < -0.39 is 0 Å². The minimum Gasteiger partial charge on any atom is -0.460 e. The molecular formula is C25H45NO3. The Balaban J connectivity index is 1.82. The zero-order valence-corrected chi connectivity index (χ0v) is 19.1. The van der Waals surface area contributed by atoms with Crippen molar-refractivity contribution < 1.29 is 14.3 Å². The Morgan fingerprint density at radius 1 is 1.10 bits per heavy atom. The van der Waals surface area contributed by atoms with Crippen molar-refractivity contribution in [1.29, 1.82) is 0 Å². The van der Waals surface area contributed by atoms with Crippen LogP contribution in [0.5, 0.6) is 0 Å². The first-order chi connectivity index (χ1) is 14.1. The molecule has 1 heterocycles. The lowest BCUT2D eigenvalue weighted by atomic mass is 9.63. The average molecular weight is 408 g/mol. The summed E-state index contributed by atoms with van der Waals surface area (Å²) in [5.74, 6) is 0.773. The van der Waals surface area contributed by atoms with Gasteiger partial charge in [0.05, 0.1) is 5.92 Å². The molecule has 1 saturated heterocycles. The lowest BCUT2D eigenvalue weighted by molar-refractivity contribution is -0.166. The van der Waals surface area contributed by atoms with E-state index in [1.54, 1.807) is 0 Å². The number of carbonyl (C=O) groups excluding carboxylic acids is 2. The third kappa shape index (κ3) is 7.70. The van der Waals surface area contributed by atoms with Crippen molar-refractivity contribution in [3.8, 4) is 0 Å². The van der Waals surface area contributed by atoms with Crippen molar-refractivity contribution in [3.05, 3.63) is 0 Å². The van der Waals surface area contributed by atoms with E-state index in [1.165, 1.54) is 44.9 Å². The third-order valence-electron chi connectivity index (χ3n) is 7.60. The fourth-order valence-corrected chi connectivity index (χ4v) is 5.43. The molecule has 0 amide bonds. The second kappa shape index (κ2) is 13.4. The maximum atomic E-state index is 13.0. The largest absolute Gasteiger partial charge is 0.460 e. The molecule has 2 aliphatic rings. The number of nitrogens with one attached hydrogen (secondary N) is 1. The Bertz CT molecular complexity index is 471. The van der Waals surface area contributed by atoms with E-state index in [0.29, 0.717) is 12.3 Å². The van der Waals surface area contributed by atoms with Crippen LogP contribution in [-0.2, 0) is 14.3 Å². The number of piperidine rings is 1. The van der Waals surface area contributed by atoms with Gasteiger partial charge in [0, 0.05) is 18.4 Å². The summed E-state index contributed by atoms with van der Waals surface area (Å²) in [4.78, 5) is 23.6. The topological polar surface area (TPSA) is 55.4 Å². The van der Waals surface area contributed by atoms with Gasteiger partial charge in [-0.2, -0.15) is 0 Å². The zero-order valence-electron chi connectivity index (χ0n) is 19.1. The molecule has 1 saturated carbocycles. The highest BCUT2D eigenvalue weighted by molar-refractivity contribution is 5.72. The number of hydrogen-bond donors (Lipinski definition) is 1. The predicted molar refractivity (Wildman–Crippen MR) is 119 cm³/mol. The molecule has 2 unspecified atom stereocenters. The van der Waals surface area contributed by atoms with E-state index in [9.17, 15) is 9.59 Å². The highest BCUT2D eigenvalue weighted by Gasteiger charge is 2.45. The zero-order chi connectivity index (χ0) is 21.0. The van der Waals surface area contributed by atoms with Crippen molar-refractivity contribution >= 4 is 12.3 Å². The number of aldehydes is 1. The van der Waals surface area contributed by atoms with E-state index in [2.05, 4.69) is 19.2 Å². The molecule has 1 aliphatic heterocycles. The Morgan fingerprint density at radius 2 is 1.83 bits per heavy atom. The summed E-state index contributed by atoms with van der Waals surface area (Å²) in [6.45, 7) is 6.20. The number of hydrogen-bond acceptors (Lipinski definition) is 4. The van der Waals surface area contributed by atoms with E-state index in [4.69, 9.17) is 4.74 Å². The van der Waals surface area contributed by atoms with Crippen LogP contribution in [0.3, 0.4) is 0 Å². The summed E-state index contributed by atoms with van der Waals surface area (Å²) in [6.07, 6.45) is 18.0. The van der Waals surface area contributed by atoms with Crippen LogP contribution in [0.1, 0.15) is 110 Å². The molecule has 4 nitrogen and oxygen atoms in total. The van der Waals surface area contributed by atoms with Crippen molar-refractivity contribution in [3.63, 3.8) is 0 Å². The lowest BCUT2D eigenvalue weighted by Crippen LogP contribution is -2.53. The van der Waals surface area contributed by atoms with Crippen LogP contribution in [0.4, 0.5) is 0 Å². The summed E-state index contributed by atoms with van der Waals surface area (Å²) in [7, 11) is 0. The van der Waals surface area contributed by atoms with Gasteiger partial charge in [0.1, 0.15) is 12.4 Å². The second-order valence-corrected chi connectivity index (χ2v) is 9.59. The van der Waals surface area contributed by atoms with Gasteiger partial charge in [-0.1, -0.05) is 52.4 Å². The van der Waals surface area contributed by atoms with Gasteiger partial charge in [-0.15, -0.1) is 0 Å². The normalized spacial score (nSPS) is 28.2. The highest BCUT2D eigenvalue weighted by atomic mass is 16.5. The molecule has 0 aromatic rings. The molecule has 1 spiro atoms. The molecule has 0 aromatic carbocycles. The number of ether oxygens (including phenoxy) is 1. The summed E-state index contributed by atoms with van der Waals surface area (Å²) < 4.78 is 6.19. The average Bonchev–Trinajstić information content (AvgIpc) is 2.74. The Kier molecular flexibility index (Phi) is 11.3. The van der Waals surface area contributed by atoms with E-state index in [0.717, 1.165) is 64.3 Å². The third-order valence-corrected chi connectivity index (χ3v) is 7.60. The van der Waals surface area contributed by atoms with E-state index in [-0.39, 0.29) is 23.4 Å². The molecule has 4 heteroatoms. The summed E-state index contributed by atoms with van der Waals surface area (Å²) >= 11 is 0. The Hall–Kier alpha value is -0.900. The maximum absolute atomic E-state index is 13.0. The molecule has 0 bridgehead atoms. The first kappa shape index (κ1) is 24.4. The molecule has 0 radical (unpaired) electrons. The van der Waals surface area contributed by atoms with Crippen LogP contribution in [0.2, 0.25) is 0 Å². The number of esters is 1. The maximum Gasteiger partial charge on any atom is 0.309 e. The summed E-state index contributed by atoms with van der Waals surface area (Å²) in [6, 6.07) is 0. The second-order valence-electron chi connectivity index (χ2n) is 9.59. The fraction of sp³-hybridized carbons (Fsp3) is 0.920. The number of rotatable bonds is 13. The first-order valence-corrected chi connectivity index (χ1v) is 12.5. The molecule has 1 aliphatic carbocycles. The van der Waals surface area contributed by atoms with Crippen LogP contribution in [0.15, 0.2) is 0 Å². The van der Waals surface area contributed by atoms with Crippen LogP contribution < -0.4 is 5.32 Å². The van der Waals surface area contributed by atoms with Crippen LogP contribution >= 0.6 is 0 Å². The summed E-state index contributed by atoms with van der Waals surface area (Å²) in [5, 5.41) is 3.46. The number of carbonyl (C=O) groups is 2. The molecule has 2 fully saturated rings. The van der Waals surface area contributed by atoms with Gasteiger partial charge in [-0.3, -0.25) is 4.79 Å². The van der Waals surface area contributed by atoms with Gasteiger partial charge in [-0.25, -0.2) is 0 Å². The van der Waals surface area contributed by atoms with E-state index in [1.807, 2.05) is 0 Å². The fourth-order valence-electron chi connectivity index (χ4n) is 5.43. The minimum absolute atomic E-state index is 0.0226. The highest BCUT2D eigenvalue weighted by Crippen LogP contribution is 2.47. The first-order valence-electron chi connectivity index (χ1n) is 12.5. The lowest BCUT2D eigenvalue weighted by Gasteiger charge is -2.48. The Labute approximate surface area is 178 Å². The van der Waals surface area contributed by atoms with Gasteiger partial charge in [0.2, 0.25) is 0 Å². The molecule has 1 N–H and O–H groups in total. The van der Waals surface area contributed by atoms with Gasteiger partial charge < -0.3 is 14.8 Å². The molecule has 168 valence electrons. The standard InChI is InChI=1S/C25H45NO3/c1-3-5-6-7-8-9-12-22(4-2)24(28)29-23-20-26-18-17-25(23)15-13-21(14-16-25)11-10-19-27/h19,21-23,26H,3-18,20H2,1-2H3. The van der Waals surface area contributed by atoms with Crippen LogP contribution in [0, 0.1) is 17.3 Å². The van der Waals surface area contributed by atoms with Crippen molar-refractivity contribution in [1.82, 2.24) is 5.32 Å². The van der Waals surface area contributed by atoms with Gasteiger partial charge >= 0.3 is 5.97 Å². The van der Waals surface area contributed by atoms with Crippen molar-refractivity contribution in [2.24, 2.45) is 17.3 Å². The van der Waals surface area contributed by atoms with Crippen LogP contribution in [-0.4, -0.2) is 31.4 Å². The molecule has 2 atom stereocenters. The summed E-state index contributed by atoms with van der Waals surface area (Å²) in [5.41, 5.74) is 0.164. The molecule has 2 rings (SSSR count). The van der Waals surface area contributed by atoms with Crippen LogP contribution in [0.25, 0.3) is 0 Å². The monoisotopic (exact) mass is 407 g/mol. The van der Waals surface area contributed by atoms with Crippen molar-refractivity contribution in [2.45, 2.75) is 116 Å². The quantitative estimate of drug-likeness (QED) is 0.237. The number of unbranched alkanes of at least 4 members (excludes halogenated alkanes) is 5. The van der Waals surface area contributed by atoms with E-state index >= 15 is 0 Å². The Morgan fingerprint density at radius 3 is 2.52 bits per heavy atom. The molecular weight excluding hydrogens is 362 g/mol. The SMILES string of the molecule is CCCCCCCCC(CC)C(=O)OC1CNCCC12CCC(CCC=O)CC2. The smallest absolute Gasteiger partial charge is 0.309 e. The van der Waals surface area contributed by atoms with Gasteiger partial charge in [0.25, 0.3) is 0 Å². The van der Waals surface area contributed by atoms with Gasteiger partial charge in [-0.05, 0) is 63.8 Å². The molecule has 0 aromatic heterocycles.